The van der Waals surface area contributed by atoms with Crippen LogP contribution in [-0.2, 0) is 18.3 Å². The van der Waals surface area contributed by atoms with Crippen LogP contribution in [0.15, 0.2) is 35.1 Å². The second-order valence-corrected chi connectivity index (χ2v) is 8.78. The van der Waals surface area contributed by atoms with E-state index in [0.29, 0.717) is 33.9 Å². The first-order valence-corrected chi connectivity index (χ1v) is 10.8. The summed E-state index contributed by atoms with van der Waals surface area (Å²) in [6.45, 7) is 7.11. The number of carbonyl (C=O) groups is 1. The van der Waals surface area contributed by atoms with Gasteiger partial charge in [-0.2, -0.15) is 0 Å². The van der Waals surface area contributed by atoms with Gasteiger partial charge in [-0.3, -0.25) is 4.79 Å². The van der Waals surface area contributed by atoms with Crippen molar-refractivity contribution < 1.29 is 19.4 Å². The van der Waals surface area contributed by atoms with Crippen LogP contribution in [-0.4, -0.2) is 33.8 Å². The number of hydrogen-bond acceptors (Lipinski definition) is 4. The van der Waals surface area contributed by atoms with Crippen LogP contribution in [0.3, 0.4) is 0 Å². The van der Waals surface area contributed by atoms with Crippen molar-refractivity contribution in [1.82, 2.24) is 4.57 Å². The number of aldehydes is 1. The quantitative estimate of drug-likeness (QED) is 0.284. The number of benzene rings is 2. The summed E-state index contributed by atoms with van der Waals surface area (Å²) >= 11 is 12.0. The molecule has 1 heterocycles. The fourth-order valence-corrected chi connectivity index (χ4v) is 3.48. The third kappa shape index (κ3) is 7.96. The number of aromatic nitrogens is 1. The number of aliphatic hydroxyl groups excluding tert-OH is 1. The van der Waals surface area contributed by atoms with Gasteiger partial charge in [-0.25, -0.2) is 4.39 Å². The largest absolute Gasteiger partial charge is 0.400 e. The summed E-state index contributed by atoms with van der Waals surface area (Å²) < 4.78 is 15.6. The third-order valence-electron chi connectivity index (χ3n) is 4.25. The molecule has 0 amide bonds. The van der Waals surface area contributed by atoms with E-state index in [9.17, 15) is 14.0 Å². The van der Waals surface area contributed by atoms with Gasteiger partial charge in [0.05, 0.1) is 15.6 Å². The van der Waals surface area contributed by atoms with Gasteiger partial charge in [-0.05, 0) is 45.2 Å². The monoisotopic (exact) mass is 509 g/mol. The maximum Gasteiger partial charge on any atom is 0.258 e. The summed E-state index contributed by atoms with van der Waals surface area (Å²) in [6.07, 6.45) is 8.71. The molecule has 0 spiro atoms. The van der Waals surface area contributed by atoms with Crippen molar-refractivity contribution in [3.8, 4) is 24.0 Å². The normalized spacial score (nSPS) is 10.1. The molecule has 1 aromatic heterocycles. The Morgan fingerprint density at radius 1 is 1.09 bits per heavy atom. The lowest BCUT2D eigenvalue weighted by Crippen LogP contribution is -2.22. The molecule has 0 bridgehead atoms. The average molecular weight is 510 g/mol. The number of nitrogens with zero attached hydrogens (tertiary/aromatic N) is 1. The number of pyridine rings is 1. The van der Waals surface area contributed by atoms with Crippen molar-refractivity contribution in [2.45, 2.75) is 39.7 Å². The topological polar surface area (TPSA) is 79.5 Å². The van der Waals surface area contributed by atoms with E-state index in [0.717, 1.165) is 12.7 Å². The van der Waals surface area contributed by atoms with E-state index in [2.05, 4.69) is 12.8 Å². The van der Waals surface area contributed by atoms with Crippen LogP contribution in [0.5, 0.6) is 0 Å². The molecule has 0 atom stereocenters. The minimum absolute atomic E-state index is 0.00542. The molecule has 0 radical (unpaired) electrons. The average Bonchev–Trinajstić information content (AvgIpc) is 2.79. The van der Waals surface area contributed by atoms with E-state index in [1.807, 2.05) is 13.0 Å². The Kier molecular flexibility index (Phi) is 12.8. The highest BCUT2D eigenvalue weighted by molar-refractivity contribution is 6.37. The lowest BCUT2D eigenvalue weighted by Gasteiger charge is -2.18. The zero-order chi connectivity index (χ0) is 26.8. The molecule has 0 saturated carbocycles. The fraction of sp³-hybridized carbons (Fsp3) is 0.308. The number of aliphatic hydroxyl groups is 2. The predicted molar refractivity (Wildman–Crippen MR) is 139 cm³/mol. The molecule has 0 unspecified atom stereocenters. The second kappa shape index (κ2) is 13.9. The molecule has 0 saturated heterocycles. The Bertz CT molecular complexity index is 1210. The van der Waals surface area contributed by atoms with Crippen LogP contribution >= 0.6 is 23.2 Å². The van der Waals surface area contributed by atoms with Crippen LogP contribution in [0.4, 0.5) is 4.39 Å². The highest BCUT2D eigenvalue weighted by Gasteiger charge is 2.20. The van der Waals surface area contributed by atoms with Crippen LogP contribution in [0.1, 0.15) is 32.0 Å². The summed E-state index contributed by atoms with van der Waals surface area (Å²) in [7, 11) is 2.59. The van der Waals surface area contributed by atoms with Crippen molar-refractivity contribution in [2.75, 3.05) is 7.11 Å². The fourth-order valence-electron chi connectivity index (χ4n) is 3.02. The number of halogens is 3. The molecular weight excluding hydrogens is 480 g/mol. The third-order valence-corrected chi connectivity index (χ3v) is 4.92. The molecular formula is C26H30Cl2FNO4. The smallest absolute Gasteiger partial charge is 0.258 e. The maximum atomic E-state index is 14.2. The van der Waals surface area contributed by atoms with Gasteiger partial charge >= 0.3 is 0 Å². The number of terminal acetylenes is 1. The van der Waals surface area contributed by atoms with Crippen LogP contribution in [0.25, 0.3) is 21.9 Å². The van der Waals surface area contributed by atoms with E-state index >= 15 is 0 Å². The van der Waals surface area contributed by atoms with Gasteiger partial charge in [0.2, 0.25) is 0 Å². The van der Waals surface area contributed by atoms with Crippen LogP contribution < -0.4 is 5.56 Å². The summed E-state index contributed by atoms with van der Waals surface area (Å²) in [4.78, 5) is 23.9. The molecule has 0 fully saturated rings. The summed E-state index contributed by atoms with van der Waals surface area (Å²) in [5.41, 5.74) is 1.63. The number of aryl methyl sites for hydroxylation is 1. The molecule has 3 aromatic rings. The van der Waals surface area contributed by atoms with E-state index in [-0.39, 0.29) is 22.0 Å². The summed E-state index contributed by atoms with van der Waals surface area (Å²) in [6, 6.07) is 8.43. The first-order chi connectivity index (χ1) is 15.9. The molecule has 0 aliphatic rings. The van der Waals surface area contributed by atoms with Crippen molar-refractivity contribution >= 4 is 40.3 Å². The SMILES string of the molecule is C#C.CC(C)(C)O.CO.Cc1ccc2c(-c3ccc(Cl)c(F)c3Cl)c(CC=O)n(C)c(=O)c2c1. The van der Waals surface area contributed by atoms with Gasteiger partial charge in [-0.15, -0.1) is 12.8 Å². The molecule has 34 heavy (non-hydrogen) atoms. The van der Waals surface area contributed by atoms with Crippen molar-refractivity contribution in [1.29, 1.82) is 0 Å². The predicted octanol–water partition coefficient (Wildman–Crippen LogP) is 5.34. The van der Waals surface area contributed by atoms with Crippen LogP contribution in [0, 0.1) is 25.6 Å². The molecule has 8 heteroatoms. The van der Waals surface area contributed by atoms with Gasteiger partial charge < -0.3 is 19.6 Å². The van der Waals surface area contributed by atoms with Gasteiger partial charge in [-0.1, -0.05) is 47.0 Å². The minimum Gasteiger partial charge on any atom is -0.400 e. The Labute approximate surface area is 209 Å². The molecule has 5 nitrogen and oxygen atoms in total. The molecule has 2 aromatic carbocycles. The first kappa shape index (κ1) is 31.3. The van der Waals surface area contributed by atoms with Crippen LogP contribution in [0.2, 0.25) is 10.0 Å². The maximum absolute atomic E-state index is 14.2. The van der Waals surface area contributed by atoms with Crippen molar-refractivity contribution in [3.63, 3.8) is 0 Å². The van der Waals surface area contributed by atoms with Gasteiger partial charge in [0.25, 0.3) is 5.56 Å². The Morgan fingerprint density at radius 3 is 2.12 bits per heavy atom. The van der Waals surface area contributed by atoms with Gasteiger partial charge in [0, 0.05) is 42.8 Å². The Morgan fingerprint density at radius 2 is 1.62 bits per heavy atom. The van der Waals surface area contributed by atoms with Crippen molar-refractivity contribution in [3.05, 3.63) is 67.8 Å². The van der Waals surface area contributed by atoms with Gasteiger partial charge in [0.15, 0.2) is 5.82 Å². The van der Waals surface area contributed by atoms with E-state index in [1.165, 1.54) is 10.6 Å². The first-order valence-electron chi connectivity index (χ1n) is 10.1. The lowest BCUT2D eigenvalue weighted by molar-refractivity contribution is -0.107. The Hall–Kier alpha value is -2.69. The summed E-state index contributed by atoms with van der Waals surface area (Å²) in [5, 5.41) is 16.4. The number of carbonyl (C=O) groups excluding carboxylic acids is 1. The number of rotatable bonds is 3. The lowest BCUT2D eigenvalue weighted by atomic mass is 9.94. The zero-order valence-electron chi connectivity index (χ0n) is 20.1. The van der Waals surface area contributed by atoms with Crippen molar-refractivity contribution in [2.24, 2.45) is 7.05 Å². The standard InChI is InChI=1S/C19H14Cl2FNO2.C4H10O.C2H2.CH4O/c1-10-3-4-11-13(9-10)19(25)23(2)15(7-8-24)16(11)12-5-6-14(20)18(22)17(12)21;1-4(2,3)5;2*1-2/h3-6,8-9H,7H2,1-2H3;5H,1-3H3;1-2H;2H,1H3. The molecule has 3 rings (SSSR count). The van der Waals surface area contributed by atoms with E-state index < -0.39 is 11.4 Å². The molecule has 0 aliphatic heterocycles. The molecule has 0 aliphatic carbocycles. The minimum atomic E-state index is -0.730. The number of hydrogen-bond donors (Lipinski definition) is 2. The zero-order valence-corrected chi connectivity index (χ0v) is 21.6. The van der Waals surface area contributed by atoms with Gasteiger partial charge in [0.1, 0.15) is 6.29 Å². The highest BCUT2D eigenvalue weighted by atomic mass is 35.5. The van der Waals surface area contributed by atoms with E-state index in [4.69, 9.17) is 33.4 Å². The summed E-state index contributed by atoms with van der Waals surface area (Å²) in [5.74, 6) is -0.730. The molecule has 2 N–H and O–H groups in total. The highest BCUT2D eigenvalue weighted by Crippen LogP contribution is 2.38. The molecule has 184 valence electrons. The number of fused-ring (bicyclic) bond motifs is 1. The second-order valence-electron chi connectivity index (χ2n) is 8.00. The van der Waals surface area contributed by atoms with E-state index in [1.54, 1.807) is 46.0 Å². The Balaban J connectivity index is 0.00000106.